The molecule has 0 fully saturated rings. The van der Waals surface area contributed by atoms with Crippen molar-refractivity contribution in [2.75, 3.05) is 5.32 Å². The lowest BCUT2D eigenvalue weighted by atomic mass is 10.2. The van der Waals surface area contributed by atoms with E-state index in [0.29, 0.717) is 10.7 Å². The minimum absolute atomic E-state index is 0.0409. The van der Waals surface area contributed by atoms with Crippen LogP contribution in [0.1, 0.15) is 18.4 Å². The smallest absolute Gasteiger partial charge is 0.306 e. The predicted octanol–water partition coefficient (Wildman–Crippen LogP) is 3.80. The number of amides is 1. The molecule has 2 rings (SSSR count). The Morgan fingerprint density at radius 2 is 1.77 bits per heavy atom. The maximum absolute atomic E-state index is 11.7. The molecule has 1 amide bonds. The maximum atomic E-state index is 11.7. The molecule has 0 spiro atoms. The van der Waals surface area contributed by atoms with Crippen LogP contribution in [0.4, 0.5) is 5.69 Å². The summed E-state index contributed by atoms with van der Waals surface area (Å²) in [6.07, 6.45) is 0.127. The molecular formula is C17H16ClNO3. The number of carbonyl (C=O) groups excluding carboxylic acids is 2. The van der Waals surface area contributed by atoms with Crippen molar-refractivity contribution in [1.82, 2.24) is 0 Å². The molecule has 0 saturated carbocycles. The van der Waals surface area contributed by atoms with Gasteiger partial charge in [-0.2, -0.15) is 0 Å². The van der Waals surface area contributed by atoms with Crippen LogP contribution in [0.2, 0.25) is 5.02 Å². The normalized spacial score (nSPS) is 10.0. The molecular weight excluding hydrogens is 302 g/mol. The van der Waals surface area contributed by atoms with Gasteiger partial charge in [0.2, 0.25) is 5.91 Å². The van der Waals surface area contributed by atoms with Crippen molar-refractivity contribution in [2.24, 2.45) is 0 Å². The first-order valence-electron chi connectivity index (χ1n) is 6.88. The van der Waals surface area contributed by atoms with Crippen LogP contribution in [-0.2, 0) is 20.9 Å². The van der Waals surface area contributed by atoms with Gasteiger partial charge in [0, 0.05) is 17.1 Å². The van der Waals surface area contributed by atoms with Gasteiger partial charge in [0.1, 0.15) is 6.61 Å². The molecule has 2 aromatic carbocycles. The first kappa shape index (κ1) is 16.0. The molecule has 0 aliphatic heterocycles. The zero-order valence-corrected chi connectivity index (χ0v) is 12.7. The predicted molar refractivity (Wildman–Crippen MR) is 85.6 cm³/mol. The number of esters is 1. The Balaban J connectivity index is 1.70. The van der Waals surface area contributed by atoms with E-state index < -0.39 is 5.97 Å². The average molecular weight is 318 g/mol. The third kappa shape index (κ3) is 5.58. The monoisotopic (exact) mass is 317 g/mol. The van der Waals surface area contributed by atoms with Gasteiger partial charge in [-0.05, 0) is 29.8 Å². The Bertz CT molecular complexity index is 643. The Labute approximate surface area is 134 Å². The lowest BCUT2D eigenvalue weighted by molar-refractivity contribution is -0.145. The highest BCUT2D eigenvalue weighted by Gasteiger charge is 2.08. The molecule has 5 heteroatoms. The van der Waals surface area contributed by atoms with Gasteiger partial charge in [-0.15, -0.1) is 0 Å². The molecule has 0 bridgehead atoms. The standard InChI is InChI=1S/C17H16ClNO3/c18-14-6-4-5-13(11-14)12-22-17(21)10-9-16(20)19-15-7-2-1-3-8-15/h1-8,11H,9-10,12H2,(H,19,20). The van der Waals surface area contributed by atoms with Crippen molar-refractivity contribution in [3.8, 4) is 0 Å². The van der Waals surface area contributed by atoms with Gasteiger partial charge in [0.05, 0.1) is 6.42 Å². The van der Waals surface area contributed by atoms with Crippen LogP contribution in [-0.4, -0.2) is 11.9 Å². The highest BCUT2D eigenvalue weighted by Crippen LogP contribution is 2.12. The lowest BCUT2D eigenvalue weighted by Crippen LogP contribution is -2.14. The first-order chi connectivity index (χ1) is 10.6. The minimum atomic E-state index is -0.414. The maximum Gasteiger partial charge on any atom is 0.306 e. The second-order valence-electron chi connectivity index (χ2n) is 4.70. The molecule has 22 heavy (non-hydrogen) atoms. The van der Waals surface area contributed by atoms with E-state index in [1.54, 1.807) is 30.3 Å². The number of halogens is 1. The van der Waals surface area contributed by atoms with Crippen molar-refractivity contribution >= 4 is 29.2 Å². The number of anilines is 1. The number of hydrogen-bond acceptors (Lipinski definition) is 3. The number of benzene rings is 2. The highest BCUT2D eigenvalue weighted by molar-refractivity contribution is 6.30. The van der Waals surface area contributed by atoms with Crippen LogP contribution >= 0.6 is 11.6 Å². The molecule has 0 saturated heterocycles. The van der Waals surface area contributed by atoms with Crippen LogP contribution in [0.15, 0.2) is 54.6 Å². The summed E-state index contributed by atoms with van der Waals surface area (Å²) >= 11 is 5.85. The second kappa shape index (κ2) is 8.20. The summed E-state index contributed by atoms with van der Waals surface area (Å²) in [6.45, 7) is 0.152. The van der Waals surface area contributed by atoms with E-state index in [9.17, 15) is 9.59 Å². The van der Waals surface area contributed by atoms with Gasteiger partial charge in [-0.3, -0.25) is 9.59 Å². The first-order valence-corrected chi connectivity index (χ1v) is 7.26. The summed E-state index contributed by atoms with van der Waals surface area (Å²) < 4.78 is 5.11. The summed E-state index contributed by atoms with van der Waals surface area (Å²) in [5.41, 5.74) is 1.52. The summed E-state index contributed by atoms with van der Waals surface area (Å²) in [7, 11) is 0. The molecule has 0 radical (unpaired) electrons. The van der Waals surface area contributed by atoms with E-state index in [-0.39, 0.29) is 25.4 Å². The quantitative estimate of drug-likeness (QED) is 0.824. The Morgan fingerprint density at radius 1 is 1.00 bits per heavy atom. The zero-order chi connectivity index (χ0) is 15.8. The van der Waals surface area contributed by atoms with Crippen molar-refractivity contribution in [1.29, 1.82) is 0 Å². The van der Waals surface area contributed by atoms with Gasteiger partial charge in [0.15, 0.2) is 0 Å². The molecule has 4 nitrogen and oxygen atoms in total. The molecule has 0 atom stereocenters. The fraction of sp³-hybridized carbons (Fsp3) is 0.176. The largest absolute Gasteiger partial charge is 0.461 e. The molecule has 0 heterocycles. The van der Waals surface area contributed by atoms with Gasteiger partial charge in [0.25, 0.3) is 0 Å². The summed E-state index contributed by atoms with van der Waals surface area (Å²) in [5, 5.41) is 3.31. The van der Waals surface area contributed by atoms with E-state index in [2.05, 4.69) is 5.32 Å². The zero-order valence-electron chi connectivity index (χ0n) is 11.9. The van der Waals surface area contributed by atoms with Crippen LogP contribution < -0.4 is 5.32 Å². The molecule has 0 aromatic heterocycles. The van der Waals surface area contributed by atoms with Crippen molar-refractivity contribution in [3.63, 3.8) is 0 Å². The van der Waals surface area contributed by atoms with Crippen LogP contribution in [0, 0.1) is 0 Å². The summed E-state index contributed by atoms with van der Waals surface area (Å²) in [4.78, 5) is 23.3. The molecule has 2 aromatic rings. The van der Waals surface area contributed by atoms with Crippen LogP contribution in [0.5, 0.6) is 0 Å². The number of nitrogens with one attached hydrogen (secondary N) is 1. The van der Waals surface area contributed by atoms with Gasteiger partial charge in [-0.1, -0.05) is 41.9 Å². The summed E-state index contributed by atoms with van der Waals surface area (Å²) in [6, 6.07) is 16.2. The second-order valence-corrected chi connectivity index (χ2v) is 5.14. The van der Waals surface area contributed by atoms with Crippen LogP contribution in [0.25, 0.3) is 0 Å². The minimum Gasteiger partial charge on any atom is -0.461 e. The van der Waals surface area contributed by atoms with Crippen molar-refractivity contribution in [2.45, 2.75) is 19.4 Å². The third-order valence-electron chi connectivity index (χ3n) is 2.90. The van der Waals surface area contributed by atoms with E-state index in [4.69, 9.17) is 16.3 Å². The number of carbonyl (C=O) groups is 2. The SMILES string of the molecule is O=C(CCC(=O)OCc1cccc(Cl)c1)Nc1ccccc1. The highest BCUT2D eigenvalue weighted by atomic mass is 35.5. The molecule has 0 aliphatic rings. The van der Waals surface area contributed by atoms with Crippen molar-refractivity contribution < 1.29 is 14.3 Å². The Kier molecular flexibility index (Phi) is 5.98. The van der Waals surface area contributed by atoms with E-state index >= 15 is 0 Å². The summed E-state index contributed by atoms with van der Waals surface area (Å²) in [5.74, 6) is -0.630. The third-order valence-corrected chi connectivity index (χ3v) is 3.14. The van der Waals surface area contributed by atoms with E-state index in [1.165, 1.54) is 0 Å². The fourth-order valence-electron chi connectivity index (χ4n) is 1.82. The van der Waals surface area contributed by atoms with Crippen LogP contribution in [0.3, 0.4) is 0 Å². The molecule has 114 valence electrons. The van der Waals surface area contributed by atoms with E-state index in [1.807, 2.05) is 24.3 Å². The average Bonchev–Trinajstić information content (AvgIpc) is 2.52. The number of hydrogen-bond donors (Lipinski definition) is 1. The van der Waals surface area contributed by atoms with Gasteiger partial charge < -0.3 is 10.1 Å². The number of ether oxygens (including phenoxy) is 1. The van der Waals surface area contributed by atoms with Crippen molar-refractivity contribution in [3.05, 3.63) is 65.2 Å². The lowest BCUT2D eigenvalue weighted by Gasteiger charge is -2.06. The number of para-hydroxylation sites is 1. The molecule has 1 N–H and O–H groups in total. The fourth-order valence-corrected chi connectivity index (χ4v) is 2.04. The molecule has 0 unspecified atom stereocenters. The number of rotatable bonds is 6. The van der Waals surface area contributed by atoms with Gasteiger partial charge >= 0.3 is 5.97 Å². The Morgan fingerprint density at radius 3 is 2.50 bits per heavy atom. The van der Waals surface area contributed by atoms with Gasteiger partial charge in [-0.25, -0.2) is 0 Å². The topological polar surface area (TPSA) is 55.4 Å². The Hall–Kier alpha value is -2.33. The van der Waals surface area contributed by atoms with E-state index in [0.717, 1.165) is 5.56 Å². The molecule has 0 aliphatic carbocycles.